The maximum absolute atomic E-state index is 12.9. The van der Waals surface area contributed by atoms with Crippen LogP contribution in [0.3, 0.4) is 0 Å². The number of ether oxygens (including phenoxy) is 1. The summed E-state index contributed by atoms with van der Waals surface area (Å²) in [7, 11) is 0. The summed E-state index contributed by atoms with van der Waals surface area (Å²) < 4.78 is 5.24. The number of Topliss-reactive ketones (excluding diaryl/α,β-unsaturated/α-hetero) is 1. The molecule has 0 spiro atoms. The molecule has 1 aliphatic rings. The number of amides is 3. The van der Waals surface area contributed by atoms with E-state index in [-0.39, 0.29) is 30.8 Å². The number of hydrogen-bond donors (Lipinski definition) is 2. The fraction of sp³-hybridized carbons (Fsp3) is 0.600. The number of alkyl carbamates (subject to hydrolysis) is 1. The smallest absolute Gasteiger partial charge is 0.408 e. The van der Waals surface area contributed by atoms with Crippen molar-refractivity contribution in [2.75, 3.05) is 13.1 Å². The summed E-state index contributed by atoms with van der Waals surface area (Å²) >= 11 is 0. The van der Waals surface area contributed by atoms with Crippen molar-refractivity contribution < 1.29 is 23.9 Å². The van der Waals surface area contributed by atoms with Crippen molar-refractivity contribution in [3.8, 4) is 0 Å². The third kappa shape index (κ3) is 9.24. The van der Waals surface area contributed by atoms with Crippen LogP contribution in [0.15, 0.2) is 30.3 Å². The number of hydrogen-bond acceptors (Lipinski definition) is 5. The molecule has 0 aromatic heterocycles. The largest absolute Gasteiger partial charge is 0.445 e. The Kier molecular flexibility index (Phi) is 10.4. The van der Waals surface area contributed by atoms with E-state index in [1.807, 2.05) is 44.2 Å². The second-order valence-corrected chi connectivity index (χ2v) is 9.45. The maximum Gasteiger partial charge on any atom is 0.408 e. The molecule has 3 amide bonds. The summed E-state index contributed by atoms with van der Waals surface area (Å²) in [5, 5.41) is 5.39. The number of likely N-dealkylation sites (tertiary alicyclic amines) is 1. The van der Waals surface area contributed by atoms with E-state index in [1.165, 1.54) is 0 Å². The number of benzene rings is 1. The highest BCUT2D eigenvalue weighted by molar-refractivity contribution is 5.95. The van der Waals surface area contributed by atoms with Crippen molar-refractivity contribution in [2.45, 2.75) is 72.1 Å². The molecule has 8 nitrogen and oxygen atoms in total. The molecule has 8 heteroatoms. The van der Waals surface area contributed by atoms with Crippen molar-refractivity contribution in [2.24, 2.45) is 11.8 Å². The Morgan fingerprint density at radius 3 is 2.39 bits per heavy atom. The first-order chi connectivity index (χ1) is 15.7. The molecule has 2 atom stereocenters. The zero-order valence-electron chi connectivity index (χ0n) is 20.1. The molecule has 1 saturated heterocycles. The minimum atomic E-state index is -0.813. The lowest BCUT2D eigenvalue weighted by atomic mass is 9.99. The summed E-state index contributed by atoms with van der Waals surface area (Å²) in [6, 6.07) is 7.79. The van der Waals surface area contributed by atoms with Crippen LogP contribution in [0.5, 0.6) is 0 Å². The van der Waals surface area contributed by atoms with Gasteiger partial charge in [0.2, 0.25) is 11.8 Å². The van der Waals surface area contributed by atoms with Gasteiger partial charge in [0.25, 0.3) is 0 Å². The first-order valence-electron chi connectivity index (χ1n) is 11.7. The standard InChI is InChI=1S/C25H37N3O5/c1-17(2)10-11-23(30)28-13-12-20(22(29)15-28)26-24(31)21(14-18(3)4)27-25(32)33-16-19-8-6-5-7-9-19/h5-9,17-18,20-21H,10-16H2,1-4H3,(H,26,31)(H,27,32)/t20?,21-/m0/s1. The van der Waals surface area contributed by atoms with E-state index in [2.05, 4.69) is 24.5 Å². The molecule has 0 aliphatic carbocycles. The molecule has 2 rings (SSSR count). The summed E-state index contributed by atoms with van der Waals surface area (Å²) in [6.45, 7) is 8.54. The Hall–Kier alpha value is -2.90. The van der Waals surface area contributed by atoms with Gasteiger partial charge < -0.3 is 20.3 Å². The minimum Gasteiger partial charge on any atom is -0.445 e. The molecular formula is C25H37N3O5. The molecule has 0 radical (unpaired) electrons. The zero-order valence-corrected chi connectivity index (χ0v) is 20.1. The Balaban J connectivity index is 1.87. The fourth-order valence-electron chi connectivity index (χ4n) is 3.64. The molecule has 182 valence electrons. The van der Waals surface area contributed by atoms with Gasteiger partial charge in [0.15, 0.2) is 5.78 Å². The predicted octanol–water partition coefficient (Wildman–Crippen LogP) is 3.05. The highest BCUT2D eigenvalue weighted by Crippen LogP contribution is 2.13. The topological polar surface area (TPSA) is 105 Å². The maximum atomic E-state index is 12.9. The van der Waals surface area contributed by atoms with Crippen LogP contribution in [-0.2, 0) is 25.7 Å². The van der Waals surface area contributed by atoms with Crippen LogP contribution in [0.1, 0.15) is 58.9 Å². The van der Waals surface area contributed by atoms with E-state index < -0.39 is 24.1 Å². The van der Waals surface area contributed by atoms with Crippen LogP contribution >= 0.6 is 0 Å². The highest BCUT2D eigenvalue weighted by atomic mass is 16.5. The van der Waals surface area contributed by atoms with Crippen LogP contribution in [0.2, 0.25) is 0 Å². The van der Waals surface area contributed by atoms with Gasteiger partial charge in [0, 0.05) is 13.0 Å². The van der Waals surface area contributed by atoms with Crippen LogP contribution in [-0.4, -0.2) is 53.8 Å². The van der Waals surface area contributed by atoms with E-state index in [4.69, 9.17) is 4.74 Å². The second kappa shape index (κ2) is 13.0. The van der Waals surface area contributed by atoms with Crippen LogP contribution in [0.4, 0.5) is 4.79 Å². The lowest BCUT2D eigenvalue weighted by Crippen LogP contribution is -2.57. The number of ketones is 1. The van der Waals surface area contributed by atoms with E-state index in [0.29, 0.717) is 31.7 Å². The number of nitrogens with zero attached hydrogens (tertiary/aromatic N) is 1. The van der Waals surface area contributed by atoms with Crippen molar-refractivity contribution in [1.29, 1.82) is 0 Å². The third-order valence-electron chi connectivity index (χ3n) is 5.56. The molecule has 1 unspecified atom stereocenters. The van der Waals surface area contributed by atoms with Gasteiger partial charge in [-0.25, -0.2) is 4.79 Å². The summed E-state index contributed by atoms with van der Waals surface area (Å²) in [4.78, 5) is 51.6. The third-order valence-corrected chi connectivity index (χ3v) is 5.56. The van der Waals surface area contributed by atoms with Crippen molar-refractivity contribution in [3.63, 3.8) is 0 Å². The van der Waals surface area contributed by atoms with E-state index >= 15 is 0 Å². The van der Waals surface area contributed by atoms with Crippen LogP contribution < -0.4 is 10.6 Å². The minimum absolute atomic E-state index is 0.00324. The zero-order chi connectivity index (χ0) is 24.4. The lowest BCUT2D eigenvalue weighted by Gasteiger charge is -2.32. The number of carbonyl (C=O) groups excluding carboxylic acids is 4. The number of rotatable bonds is 10. The fourth-order valence-corrected chi connectivity index (χ4v) is 3.64. The molecule has 1 fully saturated rings. The van der Waals surface area contributed by atoms with E-state index in [9.17, 15) is 19.2 Å². The van der Waals surface area contributed by atoms with Gasteiger partial charge in [0.1, 0.15) is 12.6 Å². The van der Waals surface area contributed by atoms with Crippen molar-refractivity contribution in [3.05, 3.63) is 35.9 Å². The van der Waals surface area contributed by atoms with Crippen molar-refractivity contribution >= 4 is 23.7 Å². The van der Waals surface area contributed by atoms with Crippen LogP contribution in [0.25, 0.3) is 0 Å². The van der Waals surface area contributed by atoms with Gasteiger partial charge >= 0.3 is 6.09 Å². The Labute approximate surface area is 196 Å². The number of piperidine rings is 1. The summed E-state index contributed by atoms with van der Waals surface area (Å²) in [5.41, 5.74) is 0.845. The van der Waals surface area contributed by atoms with Gasteiger partial charge in [-0.05, 0) is 36.7 Å². The van der Waals surface area contributed by atoms with Gasteiger partial charge in [-0.1, -0.05) is 58.0 Å². The van der Waals surface area contributed by atoms with Crippen molar-refractivity contribution in [1.82, 2.24) is 15.5 Å². The van der Waals surface area contributed by atoms with Gasteiger partial charge in [-0.15, -0.1) is 0 Å². The van der Waals surface area contributed by atoms with E-state index in [0.717, 1.165) is 12.0 Å². The summed E-state index contributed by atoms with van der Waals surface area (Å²) in [6.07, 6.45) is 1.30. The molecule has 0 bridgehead atoms. The SMILES string of the molecule is CC(C)CCC(=O)N1CCC(NC(=O)[C@H](CC(C)C)NC(=O)OCc2ccccc2)C(=O)C1. The van der Waals surface area contributed by atoms with Gasteiger partial charge in [-0.3, -0.25) is 14.4 Å². The molecule has 1 aromatic rings. The molecule has 33 heavy (non-hydrogen) atoms. The van der Waals surface area contributed by atoms with Gasteiger partial charge in [0.05, 0.1) is 12.6 Å². The monoisotopic (exact) mass is 459 g/mol. The first kappa shape index (κ1) is 26.4. The normalized spacial score (nSPS) is 17.1. The molecular weight excluding hydrogens is 422 g/mol. The molecule has 1 aliphatic heterocycles. The first-order valence-corrected chi connectivity index (χ1v) is 11.7. The molecule has 1 heterocycles. The Morgan fingerprint density at radius 2 is 1.79 bits per heavy atom. The molecule has 2 N–H and O–H groups in total. The average Bonchev–Trinajstić information content (AvgIpc) is 2.77. The Bertz CT molecular complexity index is 810. The van der Waals surface area contributed by atoms with Gasteiger partial charge in [-0.2, -0.15) is 0 Å². The number of carbonyl (C=O) groups is 4. The lowest BCUT2D eigenvalue weighted by molar-refractivity contribution is -0.140. The quantitative estimate of drug-likeness (QED) is 0.560. The molecule has 0 saturated carbocycles. The Morgan fingerprint density at radius 1 is 1.09 bits per heavy atom. The number of nitrogens with one attached hydrogen (secondary N) is 2. The molecule has 1 aromatic carbocycles. The summed E-state index contributed by atoms with van der Waals surface area (Å²) in [5.74, 6) is -0.0689. The average molecular weight is 460 g/mol. The second-order valence-electron chi connectivity index (χ2n) is 9.45. The predicted molar refractivity (Wildman–Crippen MR) is 125 cm³/mol. The van der Waals surface area contributed by atoms with Crippen LogP contribution in [0, 0.1) is 11.8 Å². The van der Waals surface area contributed by atoms with E-state index in [1.54, 1.807) is 4.90 Å². The highest BCUT2D eigenvalue weighted by Gasteiger charge is 2.32.